The van der Waals surface area contributed by atoms with E-state index in [2.05, 4.69) is 79.7 Å². The van der Waals surface area contributed by atoms with Crippen molar-refractivity contribution in [2.45, 2.75) is 198 Å². The summed E-state index contributed by atoms with van der Waals surface area (Å²) in [6, 6.07) is 41.1. The molecule has 79 heavy (non-hydrogen) atoms. The highest BCUT2D eigenvalue weighted by Crippen LogP contribution is 2.60. The number of methoxy groups -OCH3 is 1. The molecule has 12 aliphatic rings. The van der Waals surface area contributed by atoms with E-state index < -0.39 is 0 Å². The van der Waals surface area contributed by atoms with Crippen LogP contribution in [0.25, 0.3) is 0 Å². The normalized spacial score (nSPS) is 34.9. The van der Waals surface area contributed by atoms with Gasteiger partial charge in [-0.3, -0.25) is 0 Å². The van der Waals surface area contributed by atoms with Gasteiger partial charge >= 0.3 is 0 Å². The van der Waals surface area contributed by atoms with Gasteiger partial charge in [-0.2, -0.15) is 0 Å². The zero-order valence-electron chi connectivity index (χ0n) is 46.4. The summed E-state index contributed by atoms with van der Waals surface area (Å²) >= 11 is 5.94. The minimum atomic E-state index is -0.120. The van der Waals surface area contributed by atoms with E-state index in [1.54, 1.807) is 42.5 Å². The minimum Gasteiger partial charge on any atom is -0.497 e. The molecule has 10 heteroatoms. The second kappa shape index (κ2) is 19.6. The van der Waals surface area contributed by atoms with Gasteiger partial charge in [0.05, 0.1) is 7.11 Å². The van der Waals surface area contributed by atoms with Crippen LogP contribution in [0.2, 0.25) is 5.02 Å². The van der Waals surface area contributed by atoms with E-state index in [9.17, 15) is 8.78 Å². The van der Waals surface area contributed by atoms with Crippen LogP contribution in [0.5, 0.6) is 5.75 Å². The second-order valence-corrected chi connectivity index (χ2v) is 26.8. The lowest BCUT2D eigenvalue weighted by Crippen LogP contribution is -2.23. The van der Waals surface area contributed by atoms with Crippen molar-refractivity contribution < 1.29 is 13.5 Å². The van der Waals surface area contributed by atoms with Crippen LogP contribution >= 0.6 is 11.6 Å². The highest BCUT2D eigenvalue weighted by atomic mass is 35.5. The molecule has 0 aromatic heterocycles. The third kappa shape index (κ3) is 9.12. The first-order chi connectivity index (χ1) is 38.0. The molecule has 18 rings (SSSR count). The van der Waals surface area contributed by atoms with Gasteiger partial charge in [-0.15, -0.1) is 0 Å². The number of hydrogen-bond acceptors (Lipinski definition) is 7. The molecule has 6 spiro atoms. The number of aryl methyl sites for hydroxylation is 6. The van der Waals surface area contributed by atoms with Crippen molar-refractivity contribution in [1.29, 1.82) is 0 Å². The molecule has 0 heterocycles. The summed E-state index contributed by atoms with van der Waals surface area (Å²) in [6.07, 6.45) is 22.1. The first-order valence-corrected chi connectivity index (χ1v) is 30.1. The zero-order valence-corrected chi connectivity index (χ0v) is 47.1. The largest absolute Gasteiger partial charge is 0.497 e. The fourth-order valence-corrected chi connectivity index (χ4v) is 16.7. The summed E-state index contributed by atoms with van der Waals surface area (Å²) in [5.74, 6) is 0.804. The minimum absolute atomic E-state index is 0.0477. The predicted molar refractivity (Wildman–Crippen MR) is 315 cm³/mol. The van der Waals surface area contributed by atoms with E-state index in [0.29, 0.717) is 51.9 Å². The molecular formula is C69H81ClF2N6O. The Balaban J connectivity index is 0.0000000899. The molecule has 6 fully saturated rings. The van der Waals surface area contributed by atoms with Crippen molar-refractivity contribution in [3.63, 3.8) is 0 Å². The Morgan fingerprint density at radius 1 is 0.418 bits per heavy atom. The van der Waals surface area contributed by atoms with Gasteiger partial charge in [-0.25, -0.2) is 8.78 Å². The monoisotopic (exact) mass is 1080 g/mol. The lowest BCUT2D eigenvalue weighted by atomic mass is 9.79. The summed E-state index contributed by atoms with van der Waals surface area (Å²) in [5.41, 5.74) is 55.7. The van der Waals surface area contributed by atoms with Crippen LogP contribution in [0.3, 0.4) is 0 Å². The van der Waals surface area contributed by atoms with Crippen molar-refractivity contribution in [3.8, 4) is 5.75 Å². The highest BCUT2D eigenvalue weighted by molar-refractivity contribution is 6.30. The number of hydrogen-bond donors (Lipinski definition) is 6. The van der Waals surface area contributed by atoms with Crippen LogP contribution in [0.1, 0.15) is 156 Å². The molecule has 0 bridgehead atoms. The van der Waals surface area contributed by atoms with E-state index in [-0.39, 0.29) is 28.5 Å². The highest BCUT2D eigenvalue weighted by Gasteiger charge is 2.60. The third-order valence-electron chi connectivity index (χ3n) is 22.1. The van der Waals surface area contributed by atoms with Gasteiger partial charge in [0, 0.05) is 73.8 Å². The molecule has 6 saturated carbocycles. The molecule has 0 aliphatic heterocycles. The molecule has 6 aromatic carbocycles. The molecule has 0 amide bonds. The summed E-state index contributed by atoms with van der Waals surface area (Å²) in [5, 5.41) is 0.852. The van der Waals surface area contributed by atoms with Gasteiger partial charge in [0.2, 0.25) is 0 Å². The molecule has 0 saturated heterocycles. The standard InChI is InChI=1S/C13H17NO.C12H15N.C11H12ClN.2C11H12FN.C11H13N/c1-15-10-4-5-11-9(7-10)3-2-6-13(11)8-12(13)14;1-8-2-3-9-4-5-12(7-11(12)13)10(9)6-8;2*12-8-1-2-9-7(5-8)3-4-11(9)6-10(11)13;12-9-3-1-2-8-7(9)4-5-11(8)6-10(11)13;12-10-7-11(10)6-5-8-3-1-2-4-9(8)11/h4-5,7,12H,2-3,6,8,14H2,1H3;2-3,6,11H,4-5,7,13H2,1H3;2*1-2,5,10H,3-4,6,13H2;1-3,10H,4-6,13H2;1-4,10H,5-7,12H2. The maximum absolute atomic E-state index is 13.3. The Hall–Kier alpha value is -4.97. The topological polar surface area (TPSA) is 165 Å². The Bertz CT molecular complexity index is 3280. The maximum Gasteiger partial charge on any atom is 0.126 e. The quantitative estimate of drug-likeness (QED) is 0.0954. The summed E-state index contributed by atoms with van der Waals surface area (Å²) in [6.45, 7) is 2.17. The number of ether oxygens (including phenoxy) is 1. The van der Waals surface area contributed by atoms with Crippen molar-refractivity contribution in [2.75, 3.05) is 7.11 Å². The van der Waals surface area contributed by atoms with Gasteiger partial charge in [0.1, 0.15) is 17.4 Å². The molecule has 12 aliphatic carbocycles. The van der Waals surface area contributed by atoms with Crippen LogP contribution in [-0.2, 0) is 71.0 Å². The average Bonchev–Trinajstić information content (AvgIpc) is 4.49. The first-order valence-electron chi connectivity index (χ1n) is 29.7. The van der Waals surface area contributed by atoms with Crippen LogP contribution in [0.15, 0.2) is 115 Å². The first kappa shape index (κ1) is 53.3. The number of halogens is 3. The van der Waals surface area contributed by atoms with E-state index >= 15 is 0 Å². The average molecular weight is 1080 g/mol. The second-order valence-electron chi connectivity index (χ2n) is 26.4. The summed E-state index contributed by atoms with van der Waals surface area (Å²) in [7, 11) is 1.73. The lowest BCUT2D eigenvalue weighted by Gasteiger charge is -2.26. The predicted octanol–water partition coefficient (Wildman–Crippen LogP) is 11.2. The Kier molecular flexibility index (Phi) is 13.2. The Morgan fingerprint density at radius 3 is 1.44 bits per heavy atom. The SMILES string of the molecule is COc1ccc2c(c1)CCCC21CC1N.Cc1ccc2c(c1)C1(CC2)CC1N.NC1CC12CCc1c(F)cccc12.NC1CC12CCc1cc(Cl)ccc12.NC1CC12CCc1cc(F)ccc12.NC1CC12CCc1ccccc12. The zero-order chi connectivity index (χ0) is 54.9. The van der Waals surface area contributed by atoms with Gasteiger partial charge in [0.25, 0.3) is 0 Å². The Labute approximate surface area is 472 Å². The van der Waals surface area contributed by atoms with Gasteiger partial charge in [-0.1, -0.05) is 90.0 Å². The summed E-state index contributed by atoms with van der Waals surface area (Å²) in [4.78, 5) is 0. The molecule has 0 radical (unpaired) electrons. The van der Waals surface area contributed by atoms with Crippen molar-refractivity contribution in [2.24, 2.45) is 34.4 Å². The van der Waals surface area contributed by atoms with Gasteiger partial charge in [-0.05, 0) is 238 Å². The van der Waals surface area contributed by atoms with Crippen LogP contribution in [0.4, 0.5) is 8.78 Å². The van der Waals surface area contributed by atoms with Crippen molar-refractivity contribution in [1.82, 2.24) is 0 Å². The van der Waals surface area contributed by atoms with Crippen LogP contribution < -0.4 is 39.1 Å². The molecule has 7 nitrogen and oxygen atoms in total. The maximum atomic E-state index is 13.3. The van der Waals surface area contributed by atoms with E-state index in [1.165, 1.54) is 133 Å². The third-order valence-corrected chi connectivity index (χ3v) is 22.4. The van der Waals surface area contributed by atoms with Crippen LogP contribution in [0, 0.1) is 18.6 Å². The fraction of sp³-hybridized carbons (Fsp3) is 0.478. The fourth-order valence-electron chi connectivity index (χ4n) is 16.5. The number of fused-ring (bicyclic) bond motifs is 12. The van der Waals surface area contributed by atoms with E-state index in [1.807, 2.05) is 18.2 Å². The molecule has 12 atom stereocenters. The van der Waals surface area contributed by atoms with E-state index in [4.69, 9.17) is 50.7 Å². The molecule has 414 valence electrons. The molecular weight excluding hydrogens is 1000 g/mol. The van der Waals surface area contributed by atoms with E-state index in [0.717, 1.165) is 61.3 Å². The lowest BCUT2D eigenvalue weighted by molar-refractivity contribution is 0.412. The van der Waals surface area contributed by atoms with Gasteiger partial charge in [0.15, 0.2) is 0 Å². The number of benzene rings is 6. The molecule has 12 unspecified atom stereocenters. The molecule has 6 aromatic rings. The van der Waals surface area contributed by atoms with Crippen LogP contribution in [-0.4, -0.2) is 43.4 Å². The van der Waals surface area contributed by atoms with Crippen molar-refractivity contribution >= 4 is 11.6 Å². The van der Waals surface area contributed by atoms with Crippen molar-refractivity contribution in [3.05, 3.63) is 204 Å². The van der Waals surface area contributed by atoms with Gasteiger partial charge < -0.3 is 39.1 Å². The smallest absolute Gasteiger partial charge is 0.126 e. The Morgan fingerprint density at radius 2 is 0.861 bits per heavy atom. The summed E-state index contributed by atoms with van der Waals surface area (Å²) < 4.78 is 31.5. The number of nitrogens with two attached hydrogens (primary N) is 6. The molecule has 12 N–H and O–H groups in total. The number of rotatable bonds is 1.